The van der Waals surface area contributed by atoms with E-state index < -0.39 is 0 Å². The highest BCUT2D eigenvalue weighted by Gasteiger charge is 2.40. The van der Waals surface area contributed by atoms with E-state index >= 15 is 0 Å². The van der Waals surface area contributed by atoms with Crippen molar-refractivity contribution in [1.29, 1.82) is 0 Å². The van der Waals surface area contributed by atoms with Crippen LogP contribution in [-0.2, 0) is 4.79 Å². The van der Waals surface area contributed by atoms with Gasteiger partial charge in [-0.15, -0.1) is 0 Å². The van der Waals surface area contributed by atoms with E-state index in [-0.39, 0.29) is 5.91 Å². The zero-order valence-electron chi connectivity index (χ0n) is 11.0. The second-order valence-corrected chi connectivity index (χ2v) is 5.28. The minimum Gasteiger partial charge on any atom is -0.368 e. The summed E-state index contributed by atoms with van der Waals surface area (Å²) in [6.45, 7) is 1.66. The number of likely N-dealkylation sites (N-methyl/N-ethyl adjacent to an activating group) is 1. The Hall–Kier alpha value is -1.58. The maximum Gasteiger partial charge on any atom is 0.224 e. The van der Waals surface area contributed by atoms with Gasteiger partial charge in [0.15, 0.2) is 0 Å². The van der Waals surface area contributed by atoms with Gasteiger partial charge < -0.3 is 9.80 Å². The molecule has 3 rings (SSSR count). The van der Waals surface area contributed by atoms with Gasteiger partial charge in [-0.05, 0) is 18.9 Å². The van der Waals surface area contributed by atoms with Crippen LogP contribution in [0.2, 0.25) is 0 Å². The predicted octanol–water partition coefficient (Wildman–Crippen LogP) is 2.20. The molecule has 18 heavy (non-hydrogen) atoms. The number of rotatable bonds is 0. The molecule has 1 aromatic rings. The SMILES string of the molecule is CC(=O)N1c2cnccc2N(C)[C@H]2CCCC[C@H]21. The molecule has 1 saturated carbocycles. The Morgan fingerprint density at radius 1 is 1.28 bits per heavy atom. The Balaban J connectivity index is 2.11. The van der Waals surface area contributed by atoms with Crippen LogP contribution in [0.4, 0.5) is 11.4 Å². The molecule has 0 aromatic carbocycles. The topological polar surface area (TPSA) is 36.4 Å². The van der Waals surface area contributed by atoms with E-state index in [4.69, 9.17) is 0 Å². The van der Waals surface area contributed by atoms with Crippen LogP contribution in [0.3, 0.4) is 0 Å². The number of nitrogens with zero attached hydrogens (tertiary/aromatic N) is 3. The highest BCUT2D eigenvalue weighted by Crippen LogP contribution is 2.41. The van der Waals surface area contributed by atoms with Gasteiger partial charge in [0, 0.05) is 26.2 Å². The normalized spacial score (nSPS) is 26.6. The molecule has 1 aliphatic heterocycles. The molecule has 4 nitrogen and oxygen atoms in total. The number of pyridine rings is 1. The molecule has 1 aliphatic carbocycles. The van der Waals surface area contributed by atoms with Crippen LogP contribution in [0.5, 0.6) is 0 Å². The molecule has 0 N–H and O–H groups in total. The average Bonchev–Trinajstić information content (AvgIpc) is 2.39. The van der Waals surface area contributed by atoms with E-state index in [9.17, 15) is 4.79 Å². The predicted molar refractivity (Wildman–Crippen MR) is 71.8 cm³/mol. The number of carbonyl (C=O) groups is 1. The summed E-state index contributed by atoms with van der Waals surface area (Å²) in [6.07, 6.45) is 8.37. The van der Waals surface area contributed by atoms with Crippen molar-refractivity contribution >= 4 is 17.3 Å². The molecular weight excluding hydrogens is 226 g/mol. The molecule has 0 saturated heterocycles. The molecule has 2 atom stereocenters. The van der Waals surface area contributed by atoms with E-state index in [2.05, 4.69) is 16.9 Å². The van der Waals surface area contributed by atoms with Gasteiger partial charge in [0.25, 0.3) is 0 Å². The van der Waals surface area contributed by atoms with E-state index in [0.717, 1.165) is 17.8 Å². The first-order valence-electron chi connectivity index (χ1n) is 6.67. The number of aromatic nitrogens is 1. The average molecular weight is 245 g/mol. The lowest BCUT2D eigenvalue weighted by molar-refractivity contribution is -0.117. The number of amides is 1. The highest BCUT2D eigenvalue weighted by molar-refractivity contribution is 5.97. The Bertz CT molecular complexity index is 474. The smallest absolute Gasteiger partial charge is 0.224 e. The summed E-state index contributed by atoms with van der Waals surface area (Å²) in [5.41, 5.74) is 2.10. The van der Waals surface area contributed by atoms with E-state index in [1.807, 2.05) is 17.2 Å². The molecule has 0 spiro atoms. The van der Waals surface area contributed by atoms with Crippen molar-refractivity contribution in [3.8, 4) is 0 Å². The second-order valence-electron chi connectivity index (χ2n) is 5.28. The molecule has 1 fully saturated rings. The van der Waals surface area contributed by atoms with Gasteiger partial charge in [-0.2, -0.15) is 0 Å². The van der Waals surface area contributed by atoms with Crippen LogP contribution in [0, 0.1) is 0 Å². The summed E-state index contributed by atoms with van der Waals surface area (Å²) in [5.74, 6) is 0.134. The quantitative estimate of drug-likeness (QED) is 0.703. The lowest BCUT2D eigenvalue weighted by atomic mass is 9.85. The molecule has 2 heterocycles. The van der Waals surface area contributed by atoms with Gasteiger partial charge in [0.1, 0.15) is 0 Å². The van der Waals surface area contributed by atoms with Gasteiger partial charge >= 0.3 is 0 Å². The van der Waals surface area contributed by atoms with Crippen LogP contribution in [-0.4, -0.2) is 30.0 Å². The maximum absolute atomic E-state index is 12.0. The summed E-state index contributed by atoms with van der Waals surface area (Å²) in [4.78, 5) is 20.5. The van der Waals surface area contributed by atoms with Gasteiger partial charge in [-0.25, -0.2) is 0 Å². The third-order valence-electron chi connectivity index (χ3n) is 4.28. The Kier molecular flexibility index (Phi) is 2.73. The lowest BCUT2D eigenvalue weighted by Gasteiger charge is -2.49. The molecule has 0 radical (unpaired) electrons. The van der Waals surface area contributed by atoms with Gasteiger partial charge in [0.05, 0.1) is 23.6 Å². The van der Waals surface area contributed by atoms with Gasteiger partial charge in [-0.1, -0.05) is 12.8 Å². The number of carbonyl (C=O) groups excluding carboxylic acids is 1. The summed E-state index contributed by atoms with van der Waals surface area (Å²) in [5, 5.41) is 0. The number of hydrogen-bond acceptors (Lipinski definition) is 3. The molecule has 4 heteroatoms. The summed E-state index contributed by atoms with van der Waals surface area (Å²) < 4.78 is 0. The van der Waals surface area contributed by atoms with Crippen molar-refractivity contribution in [2.24, 2.45) is 0 Å². The van der Waals surface area contributed by atoms with Crippen LogP contribution in [0.25, 0.3) is 0 Å². The zero-order valence-corrected chi connectivity index (χ0v) is 11.0. The summed E-state index contributed by atoms with van der Waals surface area (Å²) in [6, 6.07) is 2.78. The van der Waals surface area contributed by atoms with Crippen molar-refractivity contribution in [3.63, 3.8) is 0 Å². The Labute approximate surface area is 108 Å². The summed E-state index contributed by atoms with van der Waals surface area (Å²) in [7, 11) is 2.14. The Morgan fingerprint density at radius 2 is 2.00 bits per heavy atom. The molecular formula is C14H19N3O. The Morgan fingerprint density at radius 3 is 2.72 bits per heavy atom. The van der Waals surface area contributed by atoms with Crippen molar-refractivity contribution in [1.82, 2.24) is 4.98 Å². The van der Waals surface area contributed by atoms with E-state index in [1.165, 1.54) is 19.3 Å². The fraction of sp³-hybridized carbons (Fsp3) is 0.571. The van der Waals surface area contributed by atoms with Crippen molar-refractivity contribution < 1.29 is 4.79 Å². The fourth-order valence-electron chi connectivity index (χ4n) is 3.47. The van der Waals surface area contributed by atoms with Gasteiger partial charge in [0.2, 0.25) is 5.91 Å². The lowest BCUT2D eigenvalue weighted by Crippen LogP contribution is -2.57. The van der Waals surface area contributed by atoms with E-state index in [1.54, 1.807) is 13.1 Å². The van der Waals surface area contributed by atoms with E-state index in [0.29, 0.717) is 12.1 Å². The van der Waals surface area contributed by atoms with Crippen LogP contribution < -0.4 is 9.80 Å². The fourth-order valence-corrected chi connectivity index (χ4v) is 3.47. The number of hydrogen-bond donors (Lipinski definition) is 0. The molecule has 0 bridgehead atoms. The van der Waals surface area contributed by atoms with Gasteiger partial charge in [-0.3, -0.25) is 9.78 Å². The first kappa shape index (κ1) is 11.5. The molecule has 2 aliphatic rings. The highest BCUT2D eigenvalue weighted by atomic mass is 16.2. The maximum atomic E-state index is 12.0. The third kappa shape index (κ3) is 1.59. The largest absolute Gasteiger partial charge is 0.368 e. The summed E-state index contributed by atoms with van der Waals surface area (Å²) >= 11 is 0. The molecule has 1 aromatic heterocycles. The van der Waals surface area contributed by atoms with Crippen molar-refractivity contribution in [3.05, 3.63) is 18.5 Å². The monoisotopic (exact) mass is 245 g/mol. The first-order chi connectivity index (χ1) is 8.70. The van der Waals surface area contributed by atoms with Crippen molar-refractivity contribution in [2.75, 3.05) is 16.8 Å². The molecule has 96 valence electrons. The third-order valence-corrected chi connectivity index (χ3v) is 4.28. The van der Waals surface area contributed by atoms with Crippen molar-refractivity contribution in [2.45, 2.75) is 44.7 Å². The number of anilines is 2. The molecule has 1 amide bonds. The molecule has 0 unspecified atom stereocenters. The minimum atomic E-state index is 0.134. The zero-order chi connectivity index (χ0) is 12.7. The van der Waals surface area contributed by atoms with Crippen LogP contribution >= 0.6 is 0 Å². The standard InChI is InChI=1S/C14H19N3O/c1-10(18)17-13-6-4-3-5-11(13)16(2)12-7-8-15-9-14(12)17/h7-9,11,13H,3-6H2,1-2H3/t11-,13+/m0/s1. The minimum absolute atomic E-state index is 0.134. The van der Waals surface area contributed by atoms with Crippen LogP contribution in [0.1, 0.15) is 32.6 Å². The second kappa shape index (κ2) is 4.26. The van der Waals surface area contributed by atoms with Crippen LogP contribution in [0.15, 0.2) is 18.5 Å². The number of fused-ring (bicyclic) bond motifs is 2. The first-order valence-corrected chi connectivity index (χ1v) is 6.67.